The van der Waals surface area contributed by atoms with Crippen LogP contribution < -0.4 is 4.90 Å². The number of rotatable bonds is 1. The first kappa shape index (κ1) is 17.0. The van der Waals surface area contributed by atoms with E-state index in [9.17, 15) is 35.9 Å². The third-order valence-corrected chi connectivity index (χ3v) is 2.71. The maximum atomic E-state index is 12.5. The predicted molar refractivity (Wildman–Crippen MR) is 60.5 cm³/mol. The van der Waals surface area contributed by atoms with Crippen LogP contribution in [0.1, 0.15) is 11.1 Å². The van der Waals surface area contributed by atoms with Gasteiger partial charge < -0.3 is 0 Å². The monoisotopic (exact) mass is 313 g/mol. The van der Waals surface area contributed by atoms with Crippen LogP contribution in [0.2, 0.25) is 0 Å². The highest BCUT2D eigenvalue weighted by molar-refractivity contribution is 6.18. The highest BCUT2D eigenvalue weighted by Crippen LogP contribution is 2.31. The predicted octanol–water partition coefficient (Wildman–Crippen LogP) is 3.29. The number of hydrogen-bond donors (Lipinski definition) is 0. The summed E-state index contributed by atoms with van der Waals surface area (Å²) in [5, 5.41) is 0. The third-order valence-electron chi connectivity index (χ3n) is 2.71. The number of carbonyl (C=O) groups is 2. The second-order valence-corrected chi connectivity index (χ2v) is 4.16. The summed E-state index contributed by atoms with van der Waals surface area (Å²) in [4.78, 5) is 21.5. The molecular weight excluding hydrogens is 304 g/mol. The van der Waals surface area contributed by atoms with Crippen molar-refractivity contribution in [3.63, 3.8) is 0 Å². The molecule has 0 aliphatic carbocycles. The summed E-state index contributed by atoms with van der Waals surface area (Å²) in [6.45, 7) is 2.64. The Hall–Kier alpha value is -2.06. The quantitative estimate of drug-likeness (QED) is 0.746. The van der Waals surface area contributed by atoms with Gasteiger partial charge in [-0.3, -0.25) is 9.59 Å². The summed E-state index contributed by atoms with van der Waals surface area (Å²) in [7, 11) is 0. The molecule has 1 rings (SSSR count). The van der Waals surface area contributed by atoms with E-state index in [4.69, 9.17) is 0 Å². The number of carbonyl (C=O) groups excluding carboxylic acids is 2. The molecule has 0 unspecified atom stereocenters. The summed E-state index contributed by atoms with van der Waals surface area (Å²) in [6, 6.07) is 3.42. The van der Waals surface area contributed by atoms with E-state index in [0.29, 0.717) is 5.56 Å². The average Bonchev–Trinajstić information content (AvgIpc) is 2.32. The lowest BCUT2D eigenvalue weighted by Crippen LogP contribution is -2.50. The summed E-state index contributed by atoms with van der Waals surface area (Å²) < 4.78 is 74.7. The molecule has 0 N–H and O–H groups in total. The zero-order valence-electron chi connectivity index (χ0n) is 10.8. The Kier molecular flexibility index (Phi) is 4.35. The van der Waals surface area contributed by atoms with Gasteiger partial charge in [0, 0.05) is 0 Å². The van der Waals surface area contributed by atoms with Gasteiger partial charge >= 0.3 is 24.2 Å². The number of halogens is 6. The van der Waals surface area contributed by atoms with E-state index in [-0.39, 0.29) is 5.56 Å². The molecule has 1 aromatic carbocycles. The molecular formula is C12H9F6NO2. The van der Waals surface area contributed by atoms with Crippen molar-refractivity contribution in [1.82, 2.24) is 0 Å². The minimum atomic E-state index is -5.61. The first-order valence-electron chi connectivity index (χ1n) is 5.46. The van der Waals surface area contributed by atoms with Gasteiger partial charge in [-0.05, 0) is 31.0 Å². The SMILES string of the molecule is Cc1cccc(N(C(=O)C(F)(F)F)C(=O)C(F)(F)F)c1C. The summed E-state index contributed by atoms with van der Waals surface area (Å²) in [6.07, 6.45) is -11.2. The minimum absolute atomic E-state index is 0.0345. The summed E-state index contributed by atoms with van der Waals surface area (Å²) in [5.41, 5.74) is -0.449. The Morgan fingerprint density at radius 1 is 0.905 bits per heavy atom. The highest BCUT2D eigenvalue weighted by Gasteiger charge is 2.53. The second-order valence-electron chi connectivity index (χ2n) is 4.16. The van der Waals surface area contributed by atoms with Gasteiger partial charge in [-0.15, -0.1) is 0 Å². The number of hydrogen-bond acceptors (Lipinski definition) is 2. The summed E-state index contributed by atoms with van der Waals surface area (Å²) >= 11 is 0. The number of anilines is 1. The van der Waals surface area contributed by atoms with Crippen molar-refractivity contribution in [2.45, 2.75) is 26.2 Å². The molecule has 0 heterocycles. The number of aryl methyl sites for hydroxylation is 1. The Morgan fingerprint density at radius 3 is 1.71 bits per heavy atom. The van der Waals surface area contributed by atoms with Crippen molar-refractivity contribution in [2.24, 2.45) is 0 Å². The fourth-order valence-corrected chi connectivity index (χ4v) is 1.54. The van der Waals surface area contributed by atoms with Crippen LogP contribution in [-0.2, 0) is 9.59 Å². The molecule has 0 bridgehead atoms. The Balaban J connectivity index is 3.50. The summed E-state index contributed by atoms with van der Waals surface area (Å²) in [5.74, 6) is -5.78. The fraction of sp³-hybridized carbons (Fsp3) is 0.333. The van der Waals surface area contributed by atoms with Crippen LogP contribution in [0.3, 0.4) is 0 Å². The van der Waals surface area contributed by atoms with Gasteiger partial charge in [-0.1, -0.05) is 12.1 Å². The minimum Gasteiger partial charge on any atom is -0.263 e. The van der Waals surface area contributed by atoms with Gasteiger partial charge in [-0.25, -0.2) is 4.90 Å². The fourth-order valence-electron chi connectivity index (χ4n) is 1.54. The van der Waals surface area contributed by atoms with Crippen LogP contribution in [0.15, 0.2) is 18.2 Å². The largest absolute Gasteiger partial charge is 0.472 e. The Morgan fingerprint density at radius 2 is 1.33 bits per heavy atom. The number of imide groups is 1. The number of alkyl halides is 6. The van der Waals surface area contributed by atoms with Gasteiger partial charge in [0.25, 0.3) is 0 Å². The molecule has 0 aliphatic rings. The van der Waals surface area contributed by atoms with Gasteiger partial charge in [0.05, 0.1) is 5.69 Å². The molecule has 0 radical (unpaired) electrons. The van der Waals surface area contributed by atoms with Gasteiger partial charge in [0.2, 0.25) is 0 Å². The molecule has 9 heteroatoms. The highest BCUT2D eigenvalue weighted by atomic mass is 19.4. The third kappa shape index (κ3) is 3.53. The van der Waals surface area contributed by atoms with Crippen LogP contribution in [0, 0.1) is 13.8 Å². The van der Waals surface area contributed by atoms with E-state index in [1.165, 1.54) is 19.9 Å². The standard InChI is InChI=1S/C12H9F6NO2/c1-6-4-3-5-8(7(6)2)19(9(20)11(13,14)15)10(21)12(16,17)18/h3-5H,1-2H3. The van der Waals surface area contributed by atoms with Crippen molar-refractivity contribution in [1.29, 1.82) is 0 Å². The van der Waals surface area contributed by atoms with Gasteiger partial charge in [0.15, 0.2) is 0 Å². The zero-order valence-corrected chi connectivity index (χ0v) is 10.8. The molecule has 0 aliphatic heterocycles. The van der Waals surface area contributed by atoms with Crippen molar-refractivity contribution in [3.8, 4) is 0 Å². The second kappa shape index (κ2) is 5.38. The lowest BCUT2D eigenvalue weighted by molar-refractivity contribution is -0.181. The lowest BCUT2D eigenvalue weighted by atomic mass is 10.1. The number of nitrogens with zero attached hydrogens (tertiary/aromatic N) is 1. The number of amides is 2. The Bertz CT molecular complexity index is 550. The maximum absolute atomic E-state index is 12.5. The first-order valence-corrected chi connectivity index (χ1v) is 5.46. The van der Waals surface area contributed by atoms with E-state index < -0.39 is 34.8 Å². The average molecular weight is 313 g/mol. The topological polar surface area (TPSA) is 37.4 Å². The van der Waals surface area contributed by atoms with Crippen molar-refractivity contribution < 1.29 is 35.9 Å². The van der Waals surface area contributed by atoms with Crippen LogP contribution in [0.4, 0.5) is 32.0 Å². The maximum Gasteiger partial charge on any atom is 0.472 e. The molecule has 0 fully saturated rings. The zero-order chi connectivity index (χ0) is 16.6. The van der Waals surface area contributed by atoms with Crippen LogP contribution in [0.25, 0.3) is 0 Å². The molecule has 0 atom stereocenters. The molecule has 1 aromatic rings. The van der Waals surface area contributed by atoms with Crippen LogP contribution in [-0.4, -0.2) is 24.2 Å². The van der Waals surface area contributed by atoms with E-state index in [1.807, 2.05) is 0 Å². The van der Waals surface area contributed by atoms with Crippen molar-refractivity contribution >= 4 is 17.5 Å². The molecule has 3 nitrogen and oxygen atoms in total. The normalized spacial score (nSPS) is 12.2. The smallest absolute Gasteiger partial charge is 0.263 e. The van der Waals surface area contributed by atoms with E-state index in [0.717, 1.165) is 12.1 Å². The molecule has 116 valence electrons. The van der Waals surface area contributed by atoms with E-state index >= 15 is 0 Å². The van der Waals surface area contributed by atoms with E-state index in [2.05, 4.69) is 0 Å². The lowest BCUT2D eigenvalue weighted by Gasteiger charge is -2.25. The van der Waals surface area contributed by atoms with Crippen molar-refractivity contribution in [2.75, 3.05) is 4.90 Å². The molecule has 0 saturated heterocycles. The molecule has 0 aromatic heterocycles. The van der Waals surface area contributed by atoms with Gasteiger partial charge in [0.1, 0.15) is 0 Å². The van der Waals surface area contributed by atoms with Crippen LogP contribution >= 0.6 is 0 Å². The van der Waals surface area contributed by atoms with Crippen molar-refractivity contribution in [3.05, 3.63) is 29.3 Å². The van der Waals surface area contributed by atoms with E-state index in [1.54, 1.807) is 0 Å². The molecule has 2 amide bonds. The number of benzene rings is 1. The molecule has 0 spiro atoms. The van der Waals surface area contributed by atoms with Crippen LogP contribution in [0.5, 0.6) is 0 Å². The first-order chi connectivity index (χ1) is 9.37. The molecule has 0 saturated carbocycles. The Labute approximate surface area is 115 Å². The van der Waals surface area contributed by atoms with Gasteiger partial charge in [-0.2, -0.15) is 26.3 Å². The molecule has 21 heavy (non-hydrogen) atoms.